The van der Waals surface area contributed by atoms with Gasteiger partial charge in [-0.05, 0) is 42.9 Å². The van der Waals surface area contributed by atoms with Crippen molar-refractivity contribution in [1.82, 2.24) is 10.6 Å². The van der Waals surface area contributed by atoms with Gasteiger partial charge in [0.2, 0.25) is 5.91 Å². The summed E-state index contributed by atoms with van der Waals surface area (Å²) in [5.41, 5.74) is 2.44. The van der Waals surface area contributed by atoms with Crippen molar-refractivity contribution in [2.45, 2.75) is 45.6 Å². The van der Waals surface area contributed by atoms with Crippen LogP contribution in [-0.4, -0.2) is 25.0 Å². The summed E-state index contributed by atoms with van der Waals surface area (Å²) < 4.78 is 0. The summed E-state index contributed by atoms with van der Waals surface area (Å²) in [4.78, 5) is 11.9. The SMILES string of the molecule is CC(C)Cc1ccc(CC(=O)NCC2CCCN2)cc1. The van der Waals surface area contributed by atoms with Crippen LogP contribution in [0.3, 0.4) is 0 Å². The van der Waals surface area contributed by atoms with E-state index < -0.39 is 0 Å². The van der Waals surface area contributed by atoms with E-state index in [1.54, 1.807) is 0 Å². The lowest BCUT2D eigenvalue weighted by molar-refractivity contribution is -0.120. The smallest absolute Gasteiger partial charge is 0.224 e. The highest BCUT2D eigenvalue weighted by atomic mass is 16.1. The van der Waals surface area contributed by atoms with E-state index in [-0.39, 0.29) is 5.91 Å². The van der Waals surface area contributed by atoms with Crippen LogP contribution < -0.4 is 10.6 Å². The molecule has 1 fully saturated rings. The Morgan fingerprint density at radius 1 is 1.30 bits per heavy atom. The number of carbonyl (C=O) groups is 1. The minimum atomic E-state index is 0.121. The minimum Gasteiger partial charge on any atom is -0.354 e. The van der Waals surface area contributed by atoms with Crippen LogP contribution in [0.25, 0.3) is 0 Å². The molecule has 1 atom stereocenters. The number of nitrogens with one attached hydrogen (secondary N) is 2. The molecule has 1 aromatic carbocycles. The fourth-order valence-electron chi connectivity index (χ4n) is 2.68. The molecule has 1 aliphatic heterocycles. The first-order valence-corrected chi connectivity index (χ1v) is 7.71. The molecule has 20 heavy (non-hydrogen) atoms. The predicted octanol–water partition coefficient (Wildman–Crippen LogP) is 2.30. The number of rotatable bonds is 6. The topological polar surface area (TPSA) is 41.1 Å². The molecule has 0 aliphatic carbocycles. The third kappa shape index (κ3) is 4.97. The molecule has 0 bridgehead atoms. The Hall–Kier alpha value is -1.35. The van der Waals surface area contributed by atoms with E-state index in [4.69, 9.17) is 0 Å². The summed E-state index contributed by atoms with van der Waals surface area (Å²) in [6.07, 6.45) is 3.97. The molecule has 0 spiro atoms. The van der Waals surface area contributed by atoms with Gasteiger partial charge in [-0.2, -0.15) is 0 Å². The molecule has 1 amide bonds. The Kier molecular flexibility index (Phi) is 5.60. The second-order valence-corrected chi connectivity index (χ2v) is 6.19. The lowest BCUT2D eigenvalue weighted by atomic mass is 10.0. The Morgan fingerprint density at radius 2 is 2.00 bits per heavy atom. The second kappa shape index (κ2) is 7.44. The van der Waals surface area contributed by atoms with Crippen LogP contribution in [0.15, 0.2) is 24.3 Å². The fourth-order valence-corrected chi connectivity index (χ4v) is 2.68. The lowest BCUT2D eigenvalue weighted by Gasteiger charge is -2.11. The summed E-state index contributed by atoms with van der Waals surface area (Å²) in [5, 5.41) is 6.41. The first-order valence-electron chi connectivity index (χ1n) is 7.71. The summed E-state index contributed by atoms with van der Waals surface area (Å²) >= 11 is 0. The maximum atomic E-state index is 11.9. The summed E-state index contributed by atoms with van der Waals surface area (Å²) in [5.74, 6) is 0.790. The minimum absolute atomic E-state index is 0.121. The maximum absolute atomic E-state index is 11.9. The van der Waals surface area contributed by atoms with E-state index in [1.807, 2.05) is 0 Å². The van der Waals surface area contributed by atoms with Crippen LogP contribution in [0.5, 0.6) is 0 Å². The van der Waals surface area contributed by atoms with Gasteiger partial charge in [-0.1, -0.05) is 38.1 Å². The van der Waals surface area contributed by atoms with E-state index >= 15 is 0 Å². The number of amides is 1. The highest BCUT2D eigenvalue weighted by Crippen LogP contribution is 2.10. The van der Waals surface area contributed by atoms with E-state index in [9.17, 15) is 4.79 Å². The first kappa shape index (κ1) is 15.0. The third-order valence-corrected chi connectivity index (χ3v) is 3.74. The van der Waals surface area contributed by atoms with Crippen molar-refractivity contribution in [2.24, 2.45) is 5.92 Å². The van der Waals surface area contributed by atoms with Crippen LogP contribution >= 0.6 is 0 Å². The average molecular weight is 274 g/mol. The van der Waals surface area contributed by atoms with Crippen molar-refractivity contribution in [3.63, 3.8) is 0 Å². The van der Waals surface area contributed by atoms with E-state index in [0.717, 1.165) is 25.1 Å². The van der Waals surface area contributed by atoms with Gasteiger partial charge < -0.3 is 10.6 Å². The molecule has 1 saturated heterocycles. The van der Waals surface area contributed by atoms with Gasteiger partial charge in [-0.25, -0.2) is 0 Å². The molecule has 3 nitrogen and oxygen atoms in total. The Balaban J connectivity index is 1.75. The number of hydrogen-bond acceptors (Lipinski definition) is 2. The third-order valence-electron chi connectivity index (χ3n) is 3.74. The van der Waals surface area contributed by atoms with Crippen molar-refractivity contribution >= 4 is 5.91 Å². The van der Waals surface area contributed by atoms with Crippen LogP contribution in [-0.2, 0) is 17.6 Å². The number of carbonyl (C=O) groups excluding carboxylic acids is 1. The molecule has 2 rings (SSSR count). The largest absolute Gasteiger partial charge is 0.354 e. The Labute approximate surface area is 122 Å². The molecule has 1 heterocycles. The molecular formula is C17H26N2O. The second-order valence-electron chi connectivity index (χ2n) is 6.19. The van der Waals surface area contributed by atoms with Gasteiger partial charge >= 0.3 is 0 Å². The van der Waals surface area contributed by atoms with Gasteiger partial charge in [0.25, 0.3) is 0 Å². The molecule has 0 radical (unpaired) electrons. The molecule has 110 valence electrons. The van der Waals surface area contributed by atoms with E-state index in [1.165, 1.54) is 18.4 Å². The number of benzene rings is 1. The van der Waals surface area contributed by atoms with E-state index in [0.29, 0.717) is 18.4 Å². The van der Waals surface area contributed by atoms with Crippen molar-refractivity contribution < 1.29 is 4.79 Å². The summed E-state index contributed by atoms with van der Waals surface area (Å²) in [6.45, 7) is 6.28. The highest BCUT2D eigenvalue weighted by Gasteiger charge is 2.14. The van der Waals surface area contributed by atoms with Crippen molar-refractivity contribution in [2.75, 3.05) is 13.1 Å². The zero-order valence-electron chi connectivity index (χ0n) is 12.6. The predicted molar refractivity (Wildman–Crippen MR) is 82.7 cm³/mol. The lowest BCUT2D eigenvalue weighted by Crippen LogP contribution is -2.37. The maximum Gasteiger partial charge on any atom is 0.224 e. The van der Waals surface area contributed by atoms with Crippen LogP contribution in [0.4, 0.5) is 0 Å². The zero-order chi connectivity index (χ0) is 14.4. The van der Waals surface area contributed by atoms with Crippen molar-refractivity contribution in [1.29, 1.82) is 0 Å². The molecular weight excluding hydrogens is 248 g/mol. The molecule has 1 aromatic rings. The molecule has 3 heteroatoms. The summed E-state index contributed by atoms with van der Waals surface area (Å²) in [7, 11) is 0. The van der Waals surface area contributed by atoms with Crippen LogP contribution in [0.1, 0.15) is 37.8 Å². The molecule has 1 unspecified atom stereocenters. The molecule has 1 aliphatic rings. The summed E-state index contributed by atoms with van der Waals surface area (Å²) in [6, 6.07) is 8.89. The van der Waals surface area contributed by atoms with Gasteiger partial charge in [-0.3, -0.25) is 4.79 Å². The molecule has 0 aromatic heterocycles. The monoisotopic (exact) mass is 274 g/mol. The van der Waals surface area contributed by atoms with Crippen LogP contribution in [0, 0.1) is 5.92 Å². The van der Waals surface area contributed by atoms with Crippen molar-refractivity contribution in [3.8, 4) is 0 Å². The zero-order valence-corrected chi connectivity index (χ0v) is 12.6. The standard InChI is InChI=1S/C17H26N2O/c1-13(2)10-14-5-7-15(8-6-14)11-17(20)19-12-16-4-3-9-18-16/h5-8,13,16,18H,3-4,9-12H2,1-2H3,(H,19,20). The Morgan fingerprint density at radius 3 is 2.60 bits per heavy atom. The quantitative estimate of drug-likeness (QED) is 0.835. The highest BCUT2D eigenvalue weighted by molar-refractivity contribution is 5.78. The van der Waals surface area contributed by atoms with Gasteiger partial charge in [0.15, 0.2) is 0 Å². The van der Waals surface area contributed by atoms with Gasteiger partial charge in [0.1, 0.15) is 0 Å². The Bertz CT molecular complexity index is 419. The van der Waals surface area contributed by atoms with E-state index in [2.05, 4.69) is 48.7 Å². The molecule has 2 N–H and O–H groups in total. The van der Waals surface area contributed by atoms with Gasteiger partial charge in [0, 0.05) is 12.6 Å². The fraction of sp³-hybridized carbons (Fsp3) is 0.588. The molecule has 0 saturated carbocycles. The normalized spacial score (nSPS) is 18.4. The first-order chi connectivity index (χ1) is 9.63. The van der Waals surface area contributed by atoms with Gasteiger partial charge in [0.05, 0.1) is 6.42 Å². The average Bonchev–Trinajstić information content (AvgIpc) is 2.91. The van der Waals surface area contributed by atoms with Crippen molar-refractivity contribution in [3.05, 3.63) is 35.4 Å². The van der Waals surface area contributed by atoms with Gasteiger partial charge in [-0.15, -0.1) is 0 Å². The van der Waals surface area contributed by atoms with Crippen LogP contribution in [0.2, 0.25) is 0 Å². The number of hydrogen-bond donors (Lipinski definition) is 2.